The molecule has 2 aromatic rings. The van der Waals surface area contributed by atoms with Gasteiger partial charge in [0.05, 0.1) is 29.5 Å². The predicted molar refractivity (Wildman–Crippen MR) is 77.0 cm³/mol. The van der Waals surface area contributed by atoms with Crippen molar-refractivity contribution in [2.45, 2.75) is 0 Å². The van der Waals surface area contributed by atoms with Crippen molar-refractivity contribution in [2.75, 3.05) is 12.0 Å². The molecule has 6 heteroatoms. The number of fused-ring (bicyclic) bond motifs is 1. The van der Waals surface area contributed by atoms with Gasteiger partial charge in [0.2, 0.25) is 0 Å². The number of ether oxygens (including phenoxy) is 1. The second-order valence-corrected chi connectivity index (χ2v) is 4.69. The minimum absolute atomic E-state index is 0.0471. The normalized spacial score (nSPS) is 13.2. The molecular weight excluding hydrogens is 286 g/mol. The first-order valence-electron chi connectivity index (χ1n) is 6.43. The summed E-state index contributed by atoms with van der Waals surface area (Å²) in [6, 6.07) is 10.2. The quantitative estimate of drug-likeness (QED) is 0.677. The fraction of sp³-hybridized carbons (Fsp3) is 0.0625. The zero-order chi connectivity index (χ0) is 15.9. The van der Waals surface area contributed by atoms with Crippen molar-refractivity contribution in [1.82, 2.24) is 0 Å². The van der Waals surface area contributed by atoms with Crippen LogP contribution in [0.3, 0.4) is 0 Å². The van der Waals surface area contributed by atoms with E-state index in [9.17, 15) is 19.5 Å². The zero-order valence-corrected chi connectivity index (χ0v) is 11.6. The van der Waals surface area contributed by atoms with Crippen LogP contribution in [0, 0.1) is 0 Å². The number of phenolic OH excluding ortho intramolecular Hbond substituents is 1. The second kappa shape index (κ2) is 5.00. The monoisotopic (exact) mass is 297 g/mol. The van der Waals surface area contributed by atoms with Crippen LogP contribution in [-0.2, 0) is 4.74 Å². The van der Waals surface area contributed by atoms with Crippen LogP contribution in [0.4, 0.5) is 5.69 Å². The first-order valence-corrected chi connectivity index (χ1v) is 6.43. The van der Waals surface area contributed by atoms with Gasteiger partial charge in [0.15, 0.2) is 0 Å². The van der Waals surface area contributed by atoms with Gasteiger partial charge >= 0.3 is 5.97 Å². The lowest BCUT2D eigenvalue weighted by molar-refractivity contribution is 0.0600. The number of rotatable bonds is 2. The third-order valence-corrected chi connectivity index (χ3v) is 3.43. The molecule has 3 rings (SSSR count). The van der Waals surface area contributed by atoms with E-state index in [1.807, 2.05) is 0 Å². The summed E-state index contributed by atoms with van der Waals surface area (Å²) in [4.78, 5) is 37.2. The van der Waals surface area contributed by atoms with E-state index in [1.54, 1.807) is 12.1 Å². The number of methoxy groups -OCH3 is 1. The molecule has 0 spiro atoms. The Kier molecular flexibility index (Phi) is 3.14. The molecule has 0 fully saturated rings. The summed E-state index contributed by atoms with van der Waals surface area (Å²) < 4.78 is 4.60. The lowest BCUT2D eigenvalue weighted by Crippen LogP contribution is -2.29. The fourth-order valence-electron chi connectivity index (χ4n) is 2.36. The molecule has 1 aliphatic rings. The number of carbonyl (C=O) groups excluding carboxylic acids is 3. The Morgan fingerprint density at radius 2 is 1.64 bits per heavy atom. The van der Waals surface area contributed by atoms with Gasteiger partial charge in [-0.2, -0.15) is 0 Å². The number of phenols is 1. The highest BCUT2D eigenvalue weighted by Gasteiger charge is 2.37. The number of aromatic hydroxyl groups is 1. The number of hydrogen-bond acceptors (Lipinski definition) is 5. The van der Waals surface area contributed by atoms with Crippen molar-refractivity contribution in [1.29, 1.82) is 0 Å². The molecule has 0 aliphatic carbocycles. The standard InChI is InChI=1S/C16H11NO5/c1-22-16(21)9-6-7-13(18)12(8-9)17-14(19)10-4-2-3-5-11(10)15(17)20/h2-8,18H,1H3. The molecule has 0 unspecified atom stereocenters. The average molecular weight is 297 g/mol. The second-order valence-electron chi connectivity index (χ2n) is 4.69. The van der Waals surface area contributed by atoms with Crippen LogP contribution >= 0.6 is 0 Å². The number of nitrogens with zero attached hydrogens (tertiary/aromatic N) is 1. The van der Waals surface area contributed by atoms with Gasteiger partial charge in [-0.3, -0.25) is 9.59 Å². The number of benzene rings is 2. The van der Waals surface area contributed by atoms with E-state index in [-0.39, 0.29) is 28.1 Å². The molecule has 0 bridgehead atoms. The summed E-state index contributed by atoms with van der Waals surface area (Å²) in [6.07, 6.45) is 0. The van der Waals surface area contributed by atoms with Crippen molar-refractivity contribution < 1.29 is 24.2 Å². The van der Waals surface area contributed by atoms with Gasteiger partial charge in [-0.1, -0.05) is 12.1 Å². The van der Waals surface area contributed by atoms with E-state index < -0.39 is 17.8 Å². The first kappa shape index (κ1) is 13.8. The van der Waals surface area contributed by atoms with E-state index >= 15 is 0 Å². The van der Waals surface area contributed by atoms with Gasteiger partial charge in [-0.15, -0.1) is 0 Å². The molecule has 1 heterocycles. The van der Waals surface area contributed by atoms with Gasteiger partial charge in [0.1, 0.15) is 5.75 Å². The number of amides is 2. The maximum atomic E-state index is 12.4. The highest BCUT2D eigenvalue weighted by atomic mass is 16.5. The molecule has 22 heavy (non-hydrogen) atoms. The molecule has 1 aliphatic heterocycles. The van der Waals surface area contributed by atoms with Crippen LogP contribution in [-0.4, -0.2) is 30.0 Å². The van der Waals surface area contributed by atoms with Crippen molar-refractivity contribution in [3.8, 4) is 5.75 Å². The van der Waals surface area contributed by atoms with E-state index in [1.165, 1.54) is 37.4 Å². The van der Waals surface area contributed by atoms with Gasteiger partial charge in [0.25, 0.3) is 11.8 Å². The van der Waals surface area contributed by atoms with Gasteiger partial charge in [-0.05, 0) is 30.3 Å². The summed E-state index contributed by atoms with van der Waals surface area (Å²) in [5, 5.41) is 9.97. The summed E-state index contributed by atoms with van der Waals surface area (Å²) in [7, 11) is 1.22. The third-order valence-electron chi connectivity index (χ3n) is 3.43. The molecule has 0 radical (unpaired) electrons. The Morgan fingerprint density at radius 3 is 2.18 bits per heavy atom. The molecular formula is C16H11NO5. The minimum atomic E-state index is -0.627. The number of imide groups is 1. The molecule has 0 saturated heterocycles. The van der Waals surface area contributed by atoms with Crippen LogP contribution in [0.1, 0.15) is 31.1 Å². The predicted octanol–water partition coefficient (Wildman–Crippen LogP) is 1.98. The SMILES string of the molecule is COC(=O)c1ccc(O)c(N2C(=O)c3ccccc3C2=O)c1. The average Bonchev–Trinajstić information content (AvgIpc) is 2.79. The molecule has 6 nitrogen and oxygen atoms in total. The Hall–Kier alpha value is -3.15. The van der Waals surface area contributed by atoms with Crippen LogP contribution in [0.2, 0.25) is 0 Å². The summed E-state index contributed by atoms with van der Waals surface area (Å²) in [6.45, 7) is 0. The molecule has 2 amide bonds. The van der Waals surface area contributed by atoms with Gasteiger partial charge in [0, 0.05) is 0 Å². The minimum Gasteiger partial charge on any atom is -0.506 e. The molecule has 2 aromatic carbocycles. The third kappa shape index (κ3) is 1.93. The summed E-state index contributed by atoms with van der Waals surface area (Å²) in [5.41, 5.74) is 0.603. The van der Waals surface area contributed by atoms with E-state index in [2.05, 4.69) is 4.74 Å². The smallest absolute Gasteiger partial charge is 0.337 e. The van der Waals surface area contributed by atoms with E-state index in [0.29, 0.717) is 0 Å². The van der Waals surface area contributed by atoms with Gasteiger partial charge in [-0.25, -0.2) is 9.69 Å². The number of carbonyl (C=O) groups is 3. The van der Waals surface area contributed by atoms with Crippen molar-refractivity contribution in [3.05, 3.63) is 59.2 Å². The Bertz CT molecular complexity index is 777. The first-order chi connectivity index (χ1) is 10.5. The number of hydrogen-bond donors (Lipinski definition) is 1. The Labute approximate surface area is 125 Å². The van der Waals surface area contributed by atoms with Gasteiger partial charge < -0.3 is 9.84 Å². The summed E-state index contributed by atoms with van der Waals surface area (Å²) in [5.74, 6) is -1.99. The topological polar surface area (TPSA) is 83.9 Å². The van der Waals surface area contributed by atoms with Crippen molar-refractivity contribution >= 4 is 23.5 Å². The highest BCUT2D eigenvalue weighted by molar-refractivity contribution is 6.34. The number of esters is 1. The molecule has 0 atom stereocenters. The van der Waals surface area contributed by atoms with Crippen LogP contribution in [0.15, 0.2) is 42.5 Å². The highest BCUT2D eigenvalue weighted by Crippen LogP contribution is 2.34. The molecule has 0 aromatic heterocycles. The van der Waals surface area contributed by atoms with Crippen molar-refractivity contribution in [3.63, 3.8) is 0 Å². The molecule has 1 N–H and O–H groups in total. The van der Waals surface area contributed by atoms with E-state index in [0.717, 1.165) is 4.90 Å². The zero-order valence-electron chi connectivity index (χ0n) is 11.6. The van der Waals surface area contributed by atoms with Crippen LogP contribution in [0.25, 0.3) is 0 Å². The molecule has 110 valence electrons. The fourth-order valence-corrected chi connectivity index (χ4v) is 2.36. The number of anilines is 1. The lowest BCUT2D eigenvalue weighted by atomic mass is 10.1. The Morgan fingerprint density at radius 1 is 1.05 bits per heavy atom. The molecule has 0 saturated carbocycles. The maximum absolute atomic E-state index is 12.4. The van der Waals surface area contributed by atoms with Crippen LogP contribution in [0.5, 0.6) is 5.75 Å². The van der Waals surface area contributed by atoms with Crippen molar-refractivity contribution in [2.24, 2.45) is 0 Å². The summed E-state index contributed by atoms with van der Waals surface area (Å²) >= 11 is 0. The Balaban J connectivity index is 2.11. The van der Waals surface area contributed by atoms with Crippen LogP contribution < -0.4 is 4.90 Å². The maximum Gasteiger partial charge on any atom is 0.337 e. The largest absolute Gasteiger partial charge is 0.506 e. The lowest BCUT2D eigenvalue weighted by Gasteiger charge is -2.16. The van der Waals surface area contributed by atoms with E-state index in [4.69, 9.17) is 0 Å².